The molecule has 2 nitrogen and oxygen atoms in total. The first-order chi connectivity index (χ1) is 20.3. The van der Waals surface area contributed by atoms with Gasteiger partial charge in [0.2, 0.25) is 0 Å². The second kappa shape index (κ2) is 30.7. The lowest BCUT2D eigenvalue weighted by Gasteiger charge is -2.07. The Morgan fingerprint density at radius 2 is 0.756 bits per heavy atom. The van der Waals surface area contributed by atoms with Crippen LogP contribution in [0.25, 0.3) is 0 Å². The predicted octanol–water partition coefficient (Wildman–Crippen LogP) is 13.1. The van der Waals surface area contributed by atoms with E-state index < -0.39 is 0 Å². The molecule has 242 valence electrons. The number of hydrogen-bond acceptors (Lipinski definition) is 0. The van der Waals surface area contributed by atoms with Crippen LogP contribution in [-0.4, -0.2) is 4.57 Å². The number of aryl methyl sites for hydroxylation is 2. The van der Waals surface area contributed by atoms with E-state index in [2.05, 4.69) is 42.3 Å². The minimum absolute atomic E-state index is 1.22. The minimum atomic E-state index is 1.22. The van der Waals surface area contributed by atoms with E-state index in [9.17, 15) is 0 Å². The van der Waals surface area contributed by atoms with Gasteiger partial charge in [-0.2, -0.15) is 0 Å². The van der Waals surface area contributed by atoms with Crippen molar-refractivity contribution in [3.63, 3.8) is 0 Å². The van der Waals surface area contributed by atoms with Crippen LogP contribution in [0.2, 0.25) is 0 Å². The monoisotopic (exact) mass is 574 g/mol. The molecule has 0 saturated carbocycles. The molecule has 41 heavy (non-hydrogen) atoms. The van der Waals surface area contributed by atoms with Gasteiger partial charge in [-0.15, -0.1) is 0 Å². The van der Waals surface area contributed by atoms with Gasteiger partial charge >= 0.3 is 0 Å². The molecule has 0 radical (unpaired) electrons. The Kier molecular flexibility index (Phi) is 28.6. The van der Waals surface area contributed by atoms with E-state index in [1.807, 2.05) is 0 Å². The van der Waals surface area contributed by atoms with Crippen molar-refractivity contribution in [1.82, 2.24) is 4.57 Å². The highest BCUT2D eigenvalue weighted by Crippen LogP contribution is 2.15. The van der Waals surface area contributed by atoms with Gasteiger partial charge in [0.1, 0.15) is 12.4 Å². The number of unbranched alkanes of at least 4 members (excludes halogenated alkanes) is 27. The SMILES string of the molecule is CCCCCCCCCCCCCCCCC[n+]1ccn(CCCCC)c1CCCCCCCCCCCCCC. The molecule has 0 atom stereocenters. The fraction of sp³-hybridized carbons (Fsp3) is 0.923. The average molecular weight is 574 g/mol. The van der Waals surface area contributed by atoms with Crippen molar-refractivity contribution in [3.05, 3.63) is 18.2 Å². The van der Waals surface area contributed by atoms with Crippen LogP contribution < -0.4 is 4.57 Å². The van der Waals surface area contributed by atoms with Crippen molar-refractivity contribution < 1.29 is 4.57 Å². The van der Waals surface area contributed by atoms with E-state index in [0.717, 1.165) is 0 Å². The van der Waals surface area contributed by atoms with Gasteiger partial charge in [0.05, 0.1) is 13.1 Å². The summed E-state index contributed by atoms with van der Waals surface area (Å²) in [5, 5.41) is 0. The third-order valence-electron chi connectivity index (χ3n) is 9.35. The van der Waals surface area contributed by atoms with Crippen molar-refractivity contribution in [3.8, 4) is 0 Å². The van der Waals surface area contributed by atoms with Gasteiger partial charge in [0, 0.05) is 6.42 Å². The number of rotatable bonds is 33. The fourth-order valence-electron chi connectivity index (χ4n) is 6.50. The summed E-state index contributed by atoms with van der Waals surface area (Å²) in [6, 6.07) is 0. The highest BCUT2D eigenvalue weighted by atomic mass is 15.1. The van der Waals surface area contributed by atoms with Crippen LogP contribution in [0, 0.1) is 0 Å². The maximum Gasteiger partial charge on any atom is 0.256 e. The van der Waals surface area contributed by atoms with Gasteiger partial charge in [-0.05, 0) is 32.1 Å². The first-order valence-electron chi connectivity index (χ1n) is 19.4. The topological polar surface area (TPSA) is 8.81 Å². The summed E-state index contributed by atoms with van der Waals surface area (Å²) in [5.74, 6) is 1.61. The first kappa shape index (κ1) is 38.2. The van der Waals surface area contributed by atoms with Crippen molar-refractivity contribution in [1.29, 1.82) is 0 Å². The molecule has 2 heteroatoms. The summed E-state index contributed by atoms with van der Waals surface area (Å²) in [7, 11) is 0. The zero-order chi connectivity index (χ0) is 29.5. The molecule has 1 rings (SSSR count). The third-order valence-corrected chi connectivity index (χ3v) is 9.35. The predicted molar refractivity (Wildman–Crippen MR) is 184 cm³/mol. The van der Waals surface area contributed by atoms with Crippen LogP contribution in [0.1, 0.15) is 219 Å². The summed E-state index contributed by atoms with van der Waals surface area (Å²) in [4.78, 5) is 0. The maximum atomic E-state index is 2.62. The van der Waals surface area contributed by atoms with E-state index in [1.165, 1.54) is 212 Å². The van der Waals surface area contributed by atoms with Gasteiger partial charge < -0.3 is 0 Å². The van der Waals surface area contributed by atoms with Crippen molar-refractivity contribution >= 4 is 0 Å². The molecule has 0 unspecified atom stereocenters. The lowest BCUT2D eigenvalue weighted by atomic mass is 10.0. The van der Waals surface area contributed by atoms with Crippen LogP contribution in [0.5, 0.6) is 0 Å². The molecular formula is C39H77N2+. The molecule has 0 aromatic carbocycles. The van der Waals surface area contributed by atoms with E-state index in [-0.39, 0.29) is 0 Å². The van der Waals surface area contributed by atoms with Crippen LogP contribution in [0.3, 0.4) is 0 Å². The van der Waals surface area contributed by atoms with Crippen molar-refractivity contribution in [2.24, 2.45) is 0 Å². The molecule has 0 saturated heterocycles. The molecule has 0 N–H and O–H groups in total. The lowest BCUT2D eigenvalue weighted by molar-refractivity contribution is -0.704. The molecule has 1 heterocycles. The van der Waals surface area contributed by atoms with E-state index in [1.54, 1.807) is 5.82 Å². The van der Waals surface area contributed by atoms with Crippen molar-refractivity contribution in [2.75, 3.05) is 0 Å². The van der Waals surface area contributed by atoms with Gasteiger partial charge in [0.15, 0.2) is 0 Å². The van der Waals surface area contributed by atoms with Crippen LogP contribution in [0.4, 0.5) is 0 Å². The molecule has 0 spiro atoms. The van der Waals surface area contributed by atoms with Crippen LogP contribution >= 0.6 is 0 Å². The standard InChI is InChI=1S/C39H77N2/c1-4-7-10-12-14-16-18-20-21-22-24-26-28-30-33-36-41-38-37-40(35-32-9-6-3)39(41)34-31-29-27-25-23-19-17-15-13-11-8-5-2/h37-38H,4-36H2,1-3H3/q+1. The van der Waals surface area contributed by atoms with Gasteiger partial charge in [-0.3, -0.25) is 0 Å². The van der Waals surface area contributed by atoms with E-state index in [4.69, 9.17) is 0 Å². The third kappa shape index (κ3) is 23.4. The Hall–Kier alpha value is -0.790. The summed E-state index contributed by atoms with van der Waals surface area (Å²) in [6.45, 7) is 9.38. The Morgan fingerprint density at radius 3 is 1.17 bits per heavy atom. The van der Waals surface area contributed by atoms with Gasteiger partial charge in [-0.1, -0.05) is 181 Å². The normalized spacial score (nSPS) is 11.6. The summed E-state index contributed by atoms with van der Waals surface area (Å²) in [5.41, 5.74) is 0. The molecule has 0 aliphatic rings. The Bertz CT molecular complexity index is 634. The zero-order valence-electron chi connectivity index (χ0n) is 28.9. The molecule has 0 aliphatic heterocycles. The second-order valence-corrected chi connectivity index (χ2v) is 13.4. The number of imidazole rings is 1. The van der Waals surface area contributed by atoms with Crippen LogP contribution in [-0.2, 0) is 19.5 Å². The van der Waals surface area contributed by atoms with Gasteiger partial charge in [0.25, 0.3) is 5.82 Å². The second-order valence-electron chi connectivity index (χ2n) is 13.4. The molecule has 0 aliphatic carbocycles. The first-order valence-corrected chi connectivity index (χ1v) is 19.4. The number of aromatic nitrogens is 2. The highest BCUT2D eigenvalue weighted by Gasteiger charge is 2.16. The summed E-state index contributed by atoms with van der Waals surface area (Å²) < 4.78 is 5.21. The quantitative estimate of drug-likeness (QED) is 0.0584. The Morgan fingerprint density at radius 1 is 0.415 bits per heavy atom. The maximum absolute atomic E-state index is 2.62. The molecule has 0 amide bonds. The molecular weight excluding hydrogens is 496 g/mol. The molecule has 0 bridgehead atoms. The number of nitrogens with zero attached hydrogens (tertiary/aromatic N) is 2. The minimum Gasteiger partial charge on any atom is -0.234 e. The van der Waals surface area contributed by atoms with E-state index >= 15 is 0 Å². The highest BCUT2D eigenvalue weighted by molar-refractivity contribution is 4.84. The summed E-state index contributed by atoms with van der Waals surface area (Å²) in [6.07, 6.45) is 49.0. The molecule has 0 fully saturated rings. The largest absolute Gasteiger partial charge is 0.256 e. The van der Waals surface area contributed by atoms with E-state index in [0.29, 0.717) is 0 Å². The Balaban J connectivity index is 2.13. The fourth-order valence-corrected chi connectivity index (χ4v) is 6.50. The molecule has 1 aromatic rings. The average Bonchev–Trinajstić information content (AvgIpc) is 3.36. The van der Waals surface area contributed by atoms with Crippen LogP contribution in [0.15, 0.2) is 12.4 Å². The Labute approximate surface area is 259 Å². The number of hydrogen-bond donors (Lipinski definition) is 0. The van der Waals surface area contributed by atoms with Crippen molar-refractivity contribution in [2.45, 2.75) is 233 Å². The summed E-state index contributed by atoms with van der Waals surface area (Å²) >= 11 is 0. The smallest absolute Gasteiger partial charge is 0.234 e. The molecule has 1 aromatic heterocycles. The van der Waals surface area contributed by atoms with Gasteiger partial charge in [-0.25, -0.2) is 9.13 Å². The lowest BCUT2D eigenvalue weighted by Crippen LogP contribution is -2.37. The zero-order valence-corrected chi connectivity index (χ0v) is 28.9.